The zero-order valence-corrected chi connectivity index (χ0v) is 17.7. The van der Waals surface area contributed by atoms with Gasteiger partial charge in [0, 0.05) is 12.6 Å². The van der Waals surface area contributed by atoms with E-state index in [-0.39, 0.29) is 43.1 Å². The molecule has 2 unspecified atom stereocenters. The van der Waals surface area contributed by atoms with Crippen molar-refractivity contribution in [2.45, 2.75) is 46.1 Å². The van der Waals surface area contributed by atoms with Gasteiger partial charge in [0.15, 0.2) is 0 Å². The largest absolute Gasteiger partial charge is 0.337 e. The van der Waals surface area contributed by atoms with Crippen LogP contribution in [-0.2, 0) is 0 Å². The van der Waals surface area contributed by atoms with Gasteiger partial charge in [-0.15, -0.1) is 0 Å². The number of amides is 4. The molecule has 0 aromatic carbocycles. The molecule has 0 saturated heterocycles. The fraction of sp³-hybridized carbons (Fsp3) is 0.700. The summed E-state index contributed by atoms with van der Waals surface area (Å²) in [5, 5.41) is 41.1. The predicted molar refractivity (Wildman–Crippen MR) is 107 cm³/mol. The number of nitrogens with one attached hydrogen (secondary N) is 2. The monoisotopic (exact) mass is 412 g/mol. The molecule has 0 aliphatic heterocycles. The maximum Gasteiger partial charge on any atom is 0.319 e. The second-order valence-electron chi connectivity index (χ2n) is 8.71. The van der Waals surface area contributed by atoms with E-state index in [1.165, 1.54) is 0 Å². The Morgan fingerprint density at radius 3 is 1.80 bits per heavy atom. The number of carbonyl (C=O) groups is 2. The van der Waals surface area contributed by atoms with E-state index < -0.39 is 12.1 Å². The van der Waals surface area contributed by atoms with E-state index in [0.717, 1.165) is 22.6 Å². The smallest absolute Gasteiger partial charge is 0.319 e. The van der Waals surface area contributed by atoms with Crippen LogP contribution in [0, 0.1) is 56.2 Å². The molecule has 0 heterocycles. The van der Waals surface area contributed by atoms with Crippen LogP contribution >= 0.6 is 0 Å². The van der Waals surface area contributed by atoms with Crippen molar-refractivity contribution in [2.75, 3.05) is 32.7 Å². The minimum Gasteiger partial charge on any atom is -0.337 e. The van der Waals surface area contributed by atoms with Crippen molar-refractivity contribution in [2.24, 2.45) is 10.8 Å². The number of nitriles is 4. The number of carbonyl (C=O) groups excluding carboxylic acids is 2. The van der Waals surface area contributed by atoms with Gasteiger partial charge >= 0.3 is 12.1 Å². The van der Waals surface area contributed by atoms with Gasteiger partial charge in [-0.3, -0.25) is 9.80 Å². The number of hydrogen-bond acceptors (Lipinski definition) is 6. The Hall–Kier alpha value is -3.50. The molecule has 10 heteroatoms. The van der Waals surface area contributed by atoms with E-state index in [1.54, 1.807) is 0 Å². The number of rotatable bonds is 7. The molecule has 160 valence electrons. The second kappa shape index (κ2) is 10.9. The first-order chi connectivity index (χ1) is 14.1. The van der Waals surface area contributed by atoms with E-state index in [4.69, 9.17) is 21.0 Å². The summed E-state index contributed by atoms with van der Waals surface area (Å²) in [7, 11) is 0. The van der Waals surface area contributed by atoms with Gasteiger partial charge in [-0.05, 0) is 30.1 Å². The van der Waals surface area contributed by atoms with Crippen LogP contribution in [0.15, 0.2) is 0 Å². The van der Waals surface area contributed by atoms with Gasteiger partial charge in [-0.25, -0.2) is 9.59 Å². The maximum atomic E-state index is 12.5. The average Bonchev–Trinajstić information content (AvgIpc) is 2.64. The molecule has 0 aromatic heterocycles. The Kier molecular flexibility index (Phi) is 8.90. The normalized spacial score (nSPS) is 21.6. The van der Waals surface area contributed by atoms with Crippen LogP contribution in [0.1, 0.15) is 40.0 Å². The van der Waals surface area contributed by atoms with Crippen molar-refractivity contribution in [1.82, 2.24) is 20.4 Å². The molecular weight excluding hydrogens is 384 g/mol. The highest BCUT2D eigenvalue weighted by Gasteiger charge is 2.42. The lowest BCUT2D eigenvalue weighted by Crippen LogP contribution is -2.53. The van der Waals surface area contributed by atoms with Crippen LogP contribution in [0.2, 0.25) is 0 Å². The second-order valence-corrected chi connectivity index (χ2v) is 8.71. The standard InChI is InChI=1S/C20H28N8O2/c1-19(2)12-16(26-18(30)28(10-6-23)11-7-24)13-20(3,14-19)15-25-17(29)27(8-4-21)9-5-22/h16H,8-15H2,1-3H3,(H,25,29)(H,26,30). The third kappa shape index (κ3) is 7.49. The molecule has 0 bridgehead atoms. The van der Waals surface area contributed by atoms with Crippen molar-refractivity contribution >= 4 is 12.1 Å². The van der Waals surface area contributed by atoms with E-state index >= 15 is 0 Å². The fourth-order valence-corrected chi connectivity index (χ4v) is 4.28. The lowest BCUT2D eigenvalue weighted by Gasteiger charge is -2.47. The fourth-order valence-electron chi connectivity index (χ4n) is 4.28. The van der Waals surface area contributed by atoms with Crippen molar-refractivity contribution < 1.29 is 9.59 Å². The molecule has 0 spiro atoms. The molecule has 0 aromatic rings. The summed E-state index contributed by atoms with van der Waals surface area (Å²) in [6, 6.07) is 6.39. The van der Waals surface area contributed by atoms with Crippen molar-refractivity contribution in [3.63, 3.8) is 0 Å². The Morgan fingerprint density at radius 2 is 1.33 bits per heavy atom. The molecule has 4 amide bonds. The SMILES string of the molecule is CC1(C)CC(NC(=O)N(CC#N)CC#N)CC(C)(CNC(=O)N(CC#N)CC#N)C1. The Bertz CT molecular complexity index is 766. The molecule has 2 N–H and O–H groups in total. The molecule has 1 rings (SSSR count). The molecule has 10 nitrogen and oxygen atoms in total. The van der Waals surface area contributed by atoms with Gasteiger partial charge in [-0.1, -0.05) is 20.8 Å². The Morgan fingerprint density at radius 1 is 0.867 bits per heavy atom. The maximum absolute atomic E-state index is 12.5. The van der Waals surface area contributed by atoms with Crippen LogP contribution in [0.4, 0.5) is 9.59 Å². The summed E-state index contributed by atoms with van der Waals surface area (Å²) in [4.78, 5) is 27.1. The van der Waals surface area contributed by atoms with E-state index in [0.29, 0.717) is 13.0 Å². The lowest BCUT2D eigenvalue weighted by molar-refractivity contribution is 0.0717. The molecule has 30 heavy (non-hydrogen) atoms. The minimum absolute atomic E-state index is 0.107. The van der Waals surface area contributed by atoms with Crippen LogP contribution in [0.5, 0.6) is 0 Å². The van der Waals surface area contributed by atoms with Gasteiger partial charge in [0.2, 0.25) is 0 Å². The highest BCUT2D eigenvalue weighted by Crippen LogP contribution is 2.45. The number of nitrogens with zero attached hydrogens (tertiary/aromatic N) is 6. The molecular formula is C20H28N8O2. The van der Waals surface area contributed by atoms with E-state index in [2.05, 4.69) is 24.5 Å². The summed E-state index contributed by atoms with van der Waals surface area (Å²) in [5.41, 5.74) is -0.431. The van der Waals surface area contributed by atoms with Crippen LogP contribution in [0.3, 0.4) is 0 Å². The van der Waals surface area contributed by atoms with Gasteiger partial charge < -0.3 is 10.6 Å². The van der Waals surface area contributed by atoms with Gasteiger partial charge in [0.05, 0.1) is 24.3 Å². The first kappa shape index (κ1) is 24.5. The summed E-state index contributed by atoms with van der Waals surface area (Å²) < 4.78 is 0. The van der Waals surface area contributed by atoms with Crippen LogP contribution in [0.25, 0.3) is 0 Å². The van der Waals surface area contributed by atoms with Gasteiger partial charge in [0.25, 0.3) is 0 Å². The highest BCUT2D eigenvalue weighted by atomic mass is 16.2. The summed E-state index contributed by atoms with van der Waals surface area (Å²) in [5.74, 6) is 0. The Balaban J connectivity index is 2.83. The van der Waals surface area contributed by atoms with Crippen LogP contribution in [-0.4, -0.2) is 60.6 Å². The number of hydrogen-bond donors (Lipinski definition) is 2. The molecule has 2 atom stereocenters. The van der Waals surface area contributed by atoms with E-state index in [1.807, 2.05) is 31.2 Å². The minimum atomic E-state index is -0.475. The average molecular weight is 412 g/mol. The third-order valence-corrected chi connectivity index (χ3v) is 5.06. The summed E-state index contributed by atoms with van der Waals surface area (Å²) in [6.07, 6.45) is 2.14. The summed E-state index contributed by atoms with van der Waals surface area (Å²) >= 11 is 0. The first-order valence-electron chi connectivity index (χ1n) is 9.66. The topological polar surface area (TPSA) is 160 Å². The van der Waals surface area contributed by atoms with E-state index in [9.17, 15) is 9.59 Å². The molecule has 1 aliphatic carbocycles. The summed E-state index contributed by atoms with van der Waals surface area (Å²) in [6.45, 7) is 5.84. The Labute approximate surface area is 177 Å². The lowest BCUT2D eigenvalue weighted by atomic mass is 9.62. The predicted octanol–water partition coefficient (Wildman–Crippen LogP) is 1.69. The van der Waals surface area contributed by atoms with Crippen molar-refractivity contribution in [1.29, 1.82) is 21.0 Å². The highest BCUT2D eigenvalue weighted by molar-refractivity contribution is 5.75. The van der Waals surface area contributed by atoms with Crippen molar-refractivity contribution in [3.05, 3.63) is 0 Å². The quantitative estimate of drug-likeness (QED) is 0.605. The zero-order chi connectivity index (χ0) is 22.8. The van der Waals surface area contributed by atoms with Gasteiger partial charge in [-0.2, -0.15) is 21.0 Å². The van der Waals surface area contributed by atoms with Crippen LogP contribution < -0.4 is 10.6 Å². The molecule has 1 fully saturated rings. The molecule has 0 radical (unpaired) electrons. The zero-order valence-electron chi connectivity index (χ0n) is 17.7. The first-order valence-corrected chi connectivity index (χ1v) is 9.66. The van der Waals surface area contributed by atoms with Crippen molar-refractivity contribution in [3.8, 4) is 24.3 Å². The number of urea groups is 2. The molecule has 1 aliphatic rings. The molecule has 1 saturated carbocycles. The van der Waals surface area contributed by atoms with Gasteiger partial charge in [0.1, 0.15) is 26.2 Å². The third-order valence-electron chi connectivity index (χ3n) is 5.06.